The van der Waals surface area contributed by atoms with Gasteiger partial charge in [-0.15, -0.1) is 0 Å². The average Bonchev–Trinajstić information content (AvgIpc) is 2.41. The van der Waals surface area contributed by atoms with E-state index in [1.54, 1.807) is 7.11 Å². The number of nitrogens with zero attached hydrogens (tertiary/aromatic N) is 3. The van der Waals surface area contributed by atoms with E-state index in [2.05, 4.69) is 27.1 Å². The Morgan fingerprint density at radius 2 is 2.30 bits per heavy atom. The number of rotatable bonds is 5. The van der Waals surface area contributed by atoms with Crippen LogP contribution >= 0.6 is 0 Å². The van der Waals surface area contributed by atoms with Gasteiger partial charge >= 0.3 is 0 Å². The van der Waals surface area contributed by atoms with Crippen LogP contribution in [0.1, 0.15) is 31.3 Å². The SMILES string of the molecule is CCCC1C(=O)NCCN1c1cc(C)nc(COC)n1. The first kappa shape index (κ1) is 14.7. The summed E-state index contributed by atoms with van der Waals surface area (Å²) in [5, 5.41) is 2.92. The Bertz CT molecular complexity index is 478. The molecule has 0 bridgehead atoms. The highest BCUT2D eigenvalue weighted by molar-refractivity contribution is 5.86. The first-order valence-electron chi connectivity index (χ1n) is 7.03. The molecule has 110 valence electrons. The maximum atomic E-state index is 12.0. The molecule has 2 rings (SSSR count). The van der Waals surface area contributed by atoms with Crippen LogP contribution in [0.3, 0.4) is 0 Å². The molecule has 1 amide bonds. The predicted octanol–water partition coefficient (Wildman–Crippen LogP) is 1.04. The maximum Gasteiger partial charge on any atom is 0.242 e. The van der Waals surface area contributed by atoms with Crippen LogP contribution < -0.4 is 10.2 Å². The third kappa shape index (κ3) is 3.25. The Kier molecular flexibility index (Phi) is 4.89. The zero-order valence-electron chi connectivity index (χ0n) is 12.3. The number of hydrogen-bond donors (Lipinski definition) is 1. The second kappa shape index (κ2) is 6.65. The third-order valence-corrected chi connectivity index (χ3v) is 3.35. The van der Waals surface area contributed by atoms with Crippen LogP contribution in [0, 0.1) is 6.92 Å². The van der Waals surface area contributed by atoms with Crippen LogP contribution in [0.15, 0.2) is 6.07 Å². The number of nitrogens with one attached hydrogen (secondary N) is 1. The van der Waals surface area contributed by atoms with Gasteiger partial charge in [0.1, 0.15) is 18.5 Å². The maximum absolute atomic E-state index is 12.0. The summed E-state index contributed by atoms with van der Waals surface area (Å²) in [6.07, 6.45) is 1.79. The topological polar surface area (TPSA) is 67.4 Å². The van der Waals surface area contributed by atoms with Gasteiger partial charge in [0.2, 0.25) is 5.91 Å². The minimum Gasteiger partial charge on any atom is -0.377 e. The fraction of sp³-hybridized carbons (Fsp3) is 0.643. The van der Waals surface area contributed by atoms with E-state index < -0.39 is 0 Å². The van der Waals surface area contributed by atoms with Gasteiger partial charge in [-0.25, -0.2) is 9.97 Å². The van der Waals surface area contributed by atoms with Crippen molar-refractivity contribution in [2.24, 2.45) is 0 Å². The van der Waals surface area contributed by atoms with Crippen LogP contribution in [0.4, 0.5) is 5.82 Å². The number of carbonyl (C=O) groups is 1. The molecule has 6 heteroatoms. The van der Waals surface area contributed by atoms with Gasteiger partial charge in [0.05, 0.1) is 0 Å². The summed E-state index contributed by atoms with van der Waals surface area (Å²) < 4.78 is 5.10. The fourth-order valence-electron chi connectivity index (χ4n) is 2.50. The van der Waals surface area contributed by atoms with Gasteiger partial charge in [-0.1, -0.05) is 13.3 Å². The van der Waals surface area contributed by atoms with E-state index in [0.717, 1.165) is 30.9 Å². The van der Waals surface area contributed by atoms with Gasteiger partial charge in [0.15, 0.2) is 5.82 Å². The van der Waals surface area contributed by atoms with Gasteiger partial charge in [-0.2, -0.15) is 0 Å². The van der Waals surface area contributed by atoms with Crippen molar-refractivity contribution in [3.63, 3.8) is 0 Å². The van der Waals surface area contributed by atoms with Gasteiger partial charge < -0.3 is 15.0 Å². The molecule has 20 heavy (non-hydrogen) atoms. The highest BCUT2D eigenvalue weighted by Gasteiger charge is 2.30. The lowest BCUT2D eigenvalue weighted by Gasteiger charge is -2.36. The first-order valence-corrected chi connectivity index (χ1v) is 7.03. The largest absolute Gasteiger partial charge is 0.377 e. The molecule has 1 aliphatic heterocycles. The quantitative estimate of drug-likeness (QED) is 0.871. The first-order chi connectivity index (χ1) is 9.65. The van der Waals surface area contributed by atoms with Gasteiger partial charge in [0.25, 0.3) is 0 Å². The Hall–Kier alpha value is -1.69. The fourth-order valence-corrected chi connectivity index (χ4v) is 2.50. The van der Waals surface area contributed by atoms with Crippen molar-refractivity contribution < 1.29 is 9.53 Å². The summed E-state index contributed by atoms with van der Waals surface area (Å²) in [4.78, 5) is 23.0. The molecule has 1 fully saturated rings. The average molecular weight is 278 g/mol. The molecule has 0 radical (unpaired) electrons. The summed E-state index contributed by atoms with van der Waals surface area (Å²) in [5.74, 6) is 1.56. The van der Waals surface area contributed by atoms with Crippen molar-refractivity contribution >= 4 is 11.7 Å². The molecule has 6 nitrogen and oxygen atoms in total. The number of methoxy groups -OCH3 is 1. The molecule has 0 saturated carbocycles. The molecule has 1 N–H and O–H groups in total. The van der Waals surface area contributed by atoms with Crippen LogP contribution in [0.5, 0.6) is 0 Å². The molecule has 1 saturated heterocycles. The lowest BCUT2D eigenvalue weighted by Crippen LogP contribution is -2.55. The predicted molar refractivity (Wildman–Crippen MR) is 76.5 cm³/mol. The molecule has 1 aromatic heterocycles. The van der Waals surface area contributed by atoms with Crippen molar-refractivity contribution in [1.29, 1.82) is 0 Å². The Balaban J connectivity index is 2.29. The van der Waals surface area contributed by atoms with E-state index in [1.165, 1.54) is 0 Å². The highest BCUT2D eigenvalue weighted by Crippen LogP contribution is 2.20. The Morgan fingerprint density at radius 1 is 1.50 bits per heavy atom. The molecule has 0 spiro atoms. The van der Waals surface area contributed by atoms with E-state index in [-0.39, 0.29) is 11.9 Å². The molecule has 1 unspecified atom stereocenters. The lowest BCUT2D eigenvalue weighted by atomic mass is 10.1. The van der Waals surface area contributed by atoms with Crippen LogP contribution in [0.25, 0.3) is 0 Å². The van der Waals surface area contributed by atoms with E-state index in [0.29, 0.717) is 19.0 Å². The monoisotopic (exact) mass is 278 g/mol. The minimum absolute atomic E-state index is 0.0858. The van der Waals surface area contributed by atoms with Crippen molar-refractivity contribution in [3.05, 3.63) is 17.6 Å². The summed E-state index contributed by atoms with van der Waals surface area (Å²) in [7, 11) is 1.62. The summed E-state index contributed by atoms with van der Waals surface area (Å²) >= 11 is 0. The van der Waals surface area contributed by atoms with E-state index in [9.17, 15) is 4.79 Å². The standard InChI is InChI=1S/C14H22N4O2/c1-4-5-11-14(19)15-6-7-18(11)13-8-10(2)16-12(17-13)9-20-3/h8,11H,4-7,9H2,1-3H3,(H,15,19). The van der Waals surface area contributed by atoms with Gasteiger partial charge in [-0.05, 0) is 13.3 Å². The Labute approximate surface area is 119 Å². The number of carbonyl (C=O) groups excluding carboxylic acids is 1. The smallest absolute Gasteiger partial charge is 0.242 e. The Morgan fingerprint density at radius 3 is 3.00 bits per heavy atom. The van der Waals surface area contributed by atoms with Crippen molar-refractivity contribution in [2.45, 2.75) is 39.3 Å². The number of aromatic nitrogens is 2. The number of hydrogen-bond acceptors (Lipinski definition) is 5. The molecule has 1 aliphatic rings. The number of anilines is 1. The zero-order valence-corrected chi connectivity index (χ0v) is 12.3. The van der Waals surface area contributed by atoms with Crippen LogP contribution in [-0.4, -0.2) is 42.1 Å². The molecule has 1 aromatic rings. The van der Waals surface area contributed by atoms with Crippen molar-refractivity contribution in [1.82, 2.24) is 15.3 Å². The second-order valence-electron chi connectivity index (χ2n) is 5.01. The van der Waals surface area contributed by atoms with E-state index in [4.69, 9.17) is 4.74 Å². The van der Waals surface area contributed by atoms with Crippen LogP contribution in [-0.2, 0) is 16.1 Å². The molecule has 0 aliphatic carbocycles. The second-order valence-corrected chi connectivity index (χ2v) is 5.01. The normalized spacial score (nSPS) is 19.1. The summed E-state index contributed by atoms with van der Waals surface area (Å²) in [6, 6.07) is 1.79. The summed E-state index contributed by atoms with van der Waals surface area (Å²) in [5.41, 5.74) is 0.892. The molecule has 1 atom stereocenters. The highest BCUT2D eigenvalue weighted by atomic mass is 16.5. The minimum atomic E-state index is -0.140. The zero-order chi connectivity index (χ0) is 14.5. The molecular weight excluding hydrogens is 256 g/mol. The number of amides is 1. The van der Waals surface area contributed by atoms with Gasteiger partial charge in [-0.3, -0.25) is 4.79 Å². The molecular formula is C14H22N4O2. The lowest BCUT2D eigenvalue weighted by molar-refractivity contribution is -0.123. The number of aryl methyl sites for hydroxylation is 1. The van der Waals surface area contributed by atoms with Crippen molar-refractivity contribution in [3.8, 4) is 0 Å². The molecule has 2 heterocycles. The van der Waals surface area contributed by atoms with E-state index >= 15 is 0 Å². The van der Waals surface area contributed by atoms with Crippen molar-refractivity contribution in [2.75, 3.05) is 25.1 Å². The van der Waals surface area contributed by atoms with Gasteiger partial charge in [0, 0.05) is 32.0 Å². The van der Waals surface area contributed by atoms with Crippen LogP contribution in [0.2, 0.25) is 0 Å². The summed E-state index contributed by atoms with van der Waals surface area (Å²) in [6.45, 7) is 5.83. The third-order valence-electron chi connectivity index (χ3n) is 3.35. The van der Waals surface area contributed by atoms with E-state index in [1.807, 2.05) is 13.0 Å². The number of piperazine rings is 1. The molecule has 0 aromatic carbocycles. The number of ether oxygens (including phenoxy) is 1.